The maximum absolute atomic E-state index is 12.6. The number of rotatable bonds is 8. The molecule has 0 aliphatic carbocycles. The molecule has 0 atom stereocenters. The Morgan fingerprint density at radius 3 is 2.18 bits per heavy atom. The van der Waals surface area contributed by atoms with Gasteiger partial charge >= 0.3 is 0 Å². The summed E-state index contributed by atoms with van der Waals surface area (Å²) in [5, 5.41) is 0. The second-order valence-electron chi connectivity index (χ2n) is 6.97. The second kappa shape index (κ2) is 9.21. The van der Waals surface area contributed by atoms with Gasteiger partial charge in [0.1, 0.15) is 5.75 Å². The van der Waals surface area contributed by atoms with E-state index in [4.69, 9.17) is 4.74 Å². The summed E-state index contributed by atoms with van der Waals surface area (Å²) in [4.78, 5) is 14.2. The van der Waals surface area contributed by atoms with E-state index in [-0.39, 0.29) is 23.8 Å². The van der Waals surface area contributed by atoms with Crippen LogP contribution in [0.3, 0.4) is 0 Å². The molecule has 0 saturated carbocycles. The van der Waals surface area contributed by atoms with Gasteiger partial charge in [0.2, 0.25) is 15.9 Å². The van der Waals surface area contributed by atoms with Crippen LogP contribution in [0.1, 0.15) is 28.7 Å². The van der Waals surface area contributed by atoms with Crippen LogP contribution in [0, 0.1) is 20.8 Å². The van der Waals surface area contributed by atoms with Crippen LogP contribution in [-0.2, 0) is 21.4 Å². The fourth-order valence-corrected chi connectivity index (χ4v) is 4.72. The Bertz CT molecular complexity index is 914. The maximum Gasteiger partial charge on any atom is 0.241 e. The minimum absolute atomic E-state index is 0.0564. The predicted octanol–water partition coefficient (Wildman–Crippen LogP) is 2.95. The van der Waals surface area contributed by atoms with E-state index in [1.807, 2.05) is 43.3 Å². The highest BCUT2D eigenvalue weighted by Crippen LogP contribution is 2.21. The Hall–Kier alpha value is -2.38. The van der Waals surface area contributed by atoms with Gasteiger partial charge in [0.15, 0.2) is 0 Å². The number of carbonyl (C=O) groups is 1. The average molecular weight is 405 g/mol. The zero-order chi connectivity index (χ0) is 20.9. The lowest BCUT2D eigenvalue weighted by Gasteiger charge is -2.18. The summed E-state index contributed by atoms with van der Waals surface area (Å²) in [6, 6.07) is 11.2. The third kappa shape index (κ3) is 5.56. The van der Waals surface area contributed by atoms with E-state index in [9.17, 15) is 13.2 Å². The zero-order valence-electron chi connectivity index (χ0n) is 17.1. The number of nitrogens with zero attached hydrogens (tertiary/aromatic N) is 1. The normalized spacial score (nSPS) is 11.3. The van der Waals surface area contributed by atoms with Crippen LogP contribution in [0.5, 0.6) is 5.75 Å². The Morgan fingerprint density at radius 1 is 1.07 bits per heavy atom. The Morgan fingerprint density at radius 2 is 1.64 bits per heavy atom. The monoisotopic (exact) mass is 404 g/mol. The Labute approximate surface area is 167 Å². The molecule has 0 aromatic heterocycles. The van der Waals surface area contributed by atoms with Gasteiger partial charge in [0.05, 0.1) is 12.0 Å². The van der Waals surface area contributed by atoms with Crippen LogP contribution in [-0.4, -0.2) is 39.9 Å². The molecule has 1 amide bonds. The standard InChI is InChI=1S/C21H28N2O4S/c1-15-12-16(2)21(17(3)13-15)28(25,26)22-11-10-20(24)23(4)14-18-6-8-19(27-5)9-7-18/h6-9,12-13,22H,10-11,14H2,1-5H3. The molecule has 2 rings (SSSR count). The first-order valence-corrected chi connectivity index (χ1v) is 10.6. The first-order chi connectivity index (χ1) is 13.1. The number of aryl methyl sites for hydroxylation is 3. The number of hydrogen-bond acceptors (Lipinski definition) is 4. The molecular formula is C21H28N2O4S. The van der Waals surface area contributed by atoms with Crippen molar-refractivity contribution in [3.63, 3.8) is 0 Å². The largest absolute Gasteiger partial charge is 0.497 e. The molecular weight excluding hydrogens is 376 g/mol. The van der Waals surface area contributed by atoms with Crippen molar-refractivity contribution in [1.29, 1.82) is 0 Å². The van der Waals surface area contributed by atoms with Crippen molar-refractivity contribution in [3.05, 3.63) is 58.7 Å². The number of methoxy groups -OCH3 is 1. The smallest absolute Gasteiger partial charge is 0.241 e. The van der Waals surface area contributed by atoms with E-state index in [0.717, 1.165) is 16.9 Å². The van der Waals surface area contributed by atoms with Crippen LogP contribution in [0.15, 0.2) is 41.3 Å². The summed E-state index contributed by atoms with van der Waals surface area (Å²) < 4.78 is 32.9. The summed E-state index contributed by atoms with van der Waals surface area (Å²) in [6.07, 6.45) is 0.0931. The van der Waals surface area contributed by atoms with Crippen molar-refractivity contribution in [1.82, 2.24) is 9.62 Å². The fourth-order valence-electron chi connectivity index (χ4n) is 3.24. The molecule has 2 aromatic carbocycles. The molecule has 0 saturated heterocycles. The molecule has 152 valence electrons. The van der Waals surface area contributed by atoms with Gasteiger partial charge in [0.25, 0.3) is 0 Å². The lowest BCUT2D eigenvalue weighted by atomic mass is 10.1. The van der Waals surface area contributed by atoms with E-state index >= 15 is 0 Å². The molecule has 1 N–H and O–H groups in total. The average Bonchev–Trinajstić information content (AvgIpc) is 2.60. The van der Waals surface area contributed by atoms with Gasteiger partial charge in [-0.3, -0.25) is 4.79 Å². The number of hydrogen-bond donors (Lipinski definition) is 1. The molecule has 28 heavy (non-hydrogen) atoms. The number of amides is 1. The molecule has 2 aromatic rings. The summed E-state index contributed by atoms with van der Waals surface area (Å²) >= 11 is 0. The highest BCUT2D eigenvalue weighted by atomic mass is 32.2. The highest BCUT2D eigenvalue weighted by molar-refractivity contribution is 7.89. The molecule has 0 heterocycles. The summed E-state index contributed by atoms with van der Waals surface area (Å²) in [5.41, 5.74) is 3.40. The Kier molecular flexibility index (Phi) is 7.21. The maximum atomic E-state index is 12.6. The minimum Gasteiger partial charge on any atom is -0.497 e. The lowest BCUT2D eigenvalue weighted by Crippen LogP contribution is -2.32. The SMILES string of the molecule is COc1ccc(CN(C)C(=O)CCNS(=O)(=O)c2c(C)cc(C)cc2C)cc1. The fraction of sp³-hybridized carbons (Fsp3) is 0.381. The van der Waals surface area contributed by atoms with Crippen LogP contribution in [0.4, 0.5) is 0 Å². The quantitative estimate of drug-likeness (QED) is 0.734. The third-order valence-electron chi connectivity index (χ3n) is 4.51. The third-order valence-corrected chi connectivity index (χ3v) is 6.27. The van der Waals surface area contributed by atoms with Gasteiger partial charge in [-0.2, -0.15) is 0 Å². The van der Waals surface area contributed by atoms with Crippen molar-refractivity contribution in [2.45, 2.75) is 38.6 Å². The molecule has 6 nitrogen and oxygen atoms in total. The lowest BCUT2D eigenvalue weighted by molar-refractivity contribution is -0.130. The van der Waals surface area contributed by atoms with Gasteiger partial charge in [-0.05, 0) is 49.6 Å². The number of benzene rings is 2. The molecule has 0 aliphatic rings. The first-order valence-electron chi connectivity index (χ1n) is 9.08. The van der Waals surface area contributed by atoms with E-state index < -0.39 is 10.0 Å². The summed E-state index contributed by atoms with van der Waals surface area (Å²) in [5.74, 6) is 0.629. The predicted molar refractivity (Wildman–Crippen MR) is 110 cm³/mol. The van der Waals surface area contributed by atoms with Crippen molar-refractivity contribution >= 4 is 15.9 Å². The van der Waals surface area contributed by atoms with Crippen LogP contribution in [0.2, 0.25) is 0 Å². The second-order valence-corrected chi connectivity index (χ2v) is 8.68. The van der Waals surface area contributed by atoms with Crippen molar-refractivity contribution in [3.8, 4) is 5.75 Å². The van der Waals surface area contributed by atoms with Gasteiger partial charge in [-0.15, -0.1) is 0 Å². The number of sulfonamides is 1. The number of nitrogens with one attached hydrogen (secondary N) is 1. The van der Waals surface area contributed by atoms with E-state index in [1.165, 1.54) is 0 Å². The van der Waals surface area contributed by atoms with E-state index in [0.29, 0.717) is 17.7 Å². The molecule has 0 unspecified atom stereocenters. The molecule has 0 spiro atoms. The number of carbonyl (C=O) groups excluding carboxylic acids is 1. The molecule has 0 aliphatic heterocycles. The molecule has 7 heteroatoms. The van der Waals surface area contributed by atoms with E-state index in [1.54, 1.807) is 32.9 Å². The topological polar surface area (TPSA) is 75.7 Å². The van der Waals surface area contributed by atoms with Crippen molar-refractivity contribution in [2.24, 2.45) is 0 Å². The number of ether oxygens (including phenoxy) is 1. The van der Waals surface area contributed by atoms with Crippen LogP contribution >= 0.6 is 0 Å². The molecule has 0 radical (unpaired) electrons. The van der Waals surface area contributed by atoms with Gasteiger partial charge in [-0.25, -0.2) is 13.1 Å². The molecule has 0 fully saturated rings. The van der Waals surface area contributed by atoms with Gasteiger partial charge in [0, 0.05) is 26.6 Å². The van der Waals surface area contributed by atoms with Gasteiger partial charge in [-0.1, -0.05) is 29.8 Å². The van der Waals surface area contributed by atoms with Gasteiger partial charge < -0.3 is 9.64 Å². The zero-order valence-corrected chi connectivity index (χ0v) is 17.9. The molecule has 0 bridgehead atoms. The highest BCUT2D eigenvalue weighted by Gasteiger charge is 2.20. The van der Waals surface area contributed by atoms with E-state index in [2.05, 4.69) is 4.72 Å². The Balaban J connectivity index is 1.93. The van der Waals surface area contributed by atoms with Crippen LogP contribution in [0.25, 0.3) is 0 Å². The first kappa shape index (κ1) is 21.9. The van der Waals surface area contributed by atoms with Crippen molar-refractivity contribution < 1.29 is 17.9 Å². The summed E-state index contributed by atoms with van der Waals surface area (Å²) in [6.45, 7) is 6.00. The van der Waals surface area contributed by atoms with Crippen molar-refractivity contribution in [2.75, 3.05) is 20.7 Å². The van der Waals surface area contributed by atoms with Crippen LogP contribution < -0.4 is 9.46 Å². The summed E-state index contributed by atoms with van der Waals surface area (Å²) in [7, 11) is -0.355. The minimum atomic E-state index is -3.66.